The van der Waals surface area contributed by atoms with Crippen LogP contribution in [0.5, 0.6) is 11.5 Å². The number of methoxy groups -OCH3 is 2. The van der Waals surface area contributed by atoms with Crippen LogP contribution in [0.15, 0.2) is 42.5 Å². The molecule has 0 spiro atoms. The van der Waals surface area contributed by atoms with Gasteiger partial charge in [0, 0.05) is 6.04 Å². The van der Waals surface area contributed by atoms with Crippen molar-refractivity contribution < 1.29 is 13.9 Å². The maximum Gasteiger partial charge on any atom is 0.161 e. The van der Waals surface area contributed by atoms with Gasteiger partial charge in [-0.25, -0.2) is 4.39 Å². The summed E-state index contributed by atoms with van der Waals surface area (Å²) in [5.74, 6) is 1.17. The zero-order chi connectivity index (χ0) is 15.2. The fourth-order valence-corrected chi connectivity index (χ4v) is 2.36. The number of rotatable bonds is 6. The highest BCUT2D eigenvalue weighted by Crippen LogP contribution is 2.31. The predicted molar refractivity (Wildman–Crippen MR) is 81.5 cm³/mol. The van der Waals surface area contributed by atoms with E-state index in [9.17, 15) is 4.39 Å². The van der Waals surface area contributed by atoms with Crippen molar-refractivity contribution in [1.29, 1.82) is 0 Å². The molecule has 0 aliphatic rings. The van der Waals surface area contributed by atoms with Crippen molar-refractivity contribution in [3.63, 3.8) is 0 Å². The molecule has 0 bridgehead atoms. The van der Waals surface area contributed by atoms with Gasteiger partial charge in [-0.3, -0.25) is 0 Å². The van der Waals surface area contributed by atoms with Crippen LogP contribution in [-0.2, 0) is 6.42 Å². The van der Waals surface area contributed by atoms with Crippen molar-refractivity contribution in [2.45, 2.75) is 12.5 Å². The van der Waals surface area contributed by atoms with Crippen LogP contribution in [0.2, 0.25) is 0 Å². The molecule has 2 aromatic rings. The van der Waals surface area contributed by atoms with Crippen LogP contribution in [0, 0.1) is 5.82 Å². The topological polar surface area (TPSA) is 30.5 Å². The normalized spacial score (nSPS) is 12.0. The number of likely N-dealkylation sites (N-methyl/N-ethyl adjacent to an activating group) is 1. The molecule has 0 aliphatic carbocycles. The van der Waals surface area contributed by atoms with Gasteiger partial charge in [-0.15, -0.1) is 0 Å². The summed E-state index contributed by atoms with van der Waals surface area (Å²) in [6.45, 7) is 0. The Morgan fingerprint density at radius 2 is 1.81 bits per heavy atom. The molecule has 0 saturated heterocycles. The van der Waals surface area contributed by atoms with Crippen molar-refractivity contribution in [2.75, 3.05) is 21.3 Å². The molecule has 1 N–H and O–H groups in total. The van der Waals surface area contributed by atoms with Crippen molar-refractivity contribution in [1.82, 2.24) is 5.32 Å². The SMILES string of the molecule is CNC(Cc1cccc(F)c1)c1ccc(OC)c(OC)c1. The fourth-order valence-electron chi connectivity index (χ4n) is 2.36. The Morgan fingerprint density at radius 3 is 2.43 bits per heavy atom. The van der Waals surface area contributed by atoms with E-state index >= 15 is 0 Å². The van der Waals surface area contributed by atoms with E-state index in [1.54, 1.807) is 26.4 Å². The molecule has 0 aromatic heterocycles. The van der Waals surface area contributed by atoms with Crippen LogP contribution in [0.4, 0.5) is 4.39 Å². The molecular weight excluding hydrogens is 269 g/mol. The highest BCUT2D eigenvalue weighted by atomic mass is 19.1. The largest absolute Gasteiger partial charge is 0.493 e. The Kier molecular flexibility index (Phi) is 5.17. The first-order chi connectivity index (χ1) is 10.2. The van der Waals surface area contributed by atoms with E-state index in [-0.39, 0.29) is 11.9 Å². The zero-order valence-electron chi connectivity index (χ0n) is 12.5. The molecule has 3 nitrogen and oxygen atoms in total. The van der Waals surface area contributed by atoms with Gasteiger partial charge in [0.05, 0.1) is 14.2 Å². The minimum atomic E-state index is -0.213. The summed E-state index contributed by atoms with van der Waals surface area (Å²) in [4.78, 5) is 0. The van der Waals surface area contributed by atoms with Gasteiger partial charge in [0.1, 0.15) is 5.82 Å². The Morgan fingerprint density at radius 1 is 1.05 bits per heavy atom. The lowest BCUT2D eigenvalue weighted by atomic mass is 9.98. The van der Waals surface area contributed by atoms with Crippen LogP contribution >= 0.6 is 0 Å². The summed E-state index contributed by atoms with van der Waals surface area (Å²) in [7, 11) is 5.11. The minimum Gasteiger partial charge on any atom is -0.493 e. The lowest BCUT2D eigenvalue weighted by Crippen LogP contribution is -2.19. The summed E-state index contributed by atoms with van der Waals surface area (Å²) in [5.41, 5.74) is 2.02. The molecule has 1 unspecified atom stereocenters. The maximum absolute atomic E-state index is 13.3. The molecule has 4 heteroatoms. The number of benzene rings is 2. The molecule has 112 valence electrons. The Bertz CT molecular complexity index is 601. The maximum atomic E-state index is 13.3. The van der Waals surface area contributed by atoms with Gasteiger partial charge in [-0.1, -0.05) is 18.2 Å². The number of hydrogen-bond acceptors (Lipinski definition) is 3. The van der Waals surface area contributed by atoms with E-state index in [4.69, 9.17) is 9.47 Å². The number of nitrogens with one attached hydrogen (secondary N) is 1. The minimum absolute atomic E-state index is 0.0756. The molecule has 1 atom stereocenters. The molecule has 21 heavy (non-hydrogen) atoms. The van der Waals surface area contributed by atoms with Crippen molar-refractivity contribution in [3.05, 3.63) is 59.4 Å². The van der Waals surface area contributed by atoms with E-state index in [2.05, 4.69) is 5.32 Å². The summed E-state index contributed by atoms with van der Waals surface area (Å²) >= 11 is 0. The average molecular weight is 289 g/mol. The van der Waals surface area contributed by atoms with E-state index in [1.807, 2.05) is 31.3 Å². The van der Waals surface area contributed by atoms with Crippen molar-refractivity contribution in [3.8, 4) is 11.5 Å². The van der Waals surface area contributed by atoms with Crippen LogP contribution in [0.3, 0.4) is 0 Å². The first-order valence-corrected chi connectivity index (χ1v) is 6.81. The summed E-state index contributed by atoms with van der Waals surface area (Å²) in [5, 5.41) is 3.26. The van der Waals surface area contributed by atoms with Gasteiger partial charge in [0.2, 0.25) is 0 Å². The third kappa shape index (κ3) is 3.73. The van der Waals surface area contributed by atoms with Gasteiger partial charge >= 0.3 is 0 Å². The lowest BCUT2D eigenvalue weighted by Gasteiger charge is -2.18. The van der Waals surface area contributed by atoms with Crippen LogP contribution in [-0.4, -0.2) is 21.3 Å². The van der Waals surface area contributed by atoms with E-state index in [0.29, 0.717) is 17.9 Å². The molecular formula is C17H20FNO2. The van der Waals surface area contributed by atoms with Gasteiger partial charge in [-0.05, 0) is 48.9 Å². The van der Waals surface area contributed by atoms with Crippen molar-refractivity contribution in [2.24, 2.45) is 0 Å². The van der Waals surface area contributed by atoms with E-state index < -0.39 is 0 Å². The van der Waals surface area contributed by atoms with Crippen LogP contribution < -0.4 is 14.8 Å². The molecule has 0 radical (unpaired) electrons. The molecule has 0 amide bonds. The third-order valence-electron chi connectivity index (χ3n) is 3.49. The quantitative estimate of drug-likeness (QED) is 0.884. The fraction of sp³-hybridized carbons (Fsp3) is 0.294. The van der Waals surface area contributed by atoms with Gasteiger partial charge in [-0.2, -0.15) is 0 Å². The summed E-state index contributed by atoms with van der Waals surface area (Å²) in [6.07, 6.45) is 0.698. The standard InChI is InChI=1S/C17H20FNO2/c1-19-15(10-12-5-4-6-14(18)9-12)13-7-8-16(20-2)17(11-13)21-3/h4-9,11,15,19H,10H2,1-3H3. The van der Waals surface area contributed by atoms with Crippen LogP contribution in [0.25, 0.3) is 0 Å². The second kappa shape index (κ2) is 7.09. The first-order valence-electron chi connectivity index (χ1n) is 6.81. The van der Waals surface area contributed by atoms with Gasteiger partial charge < -0.3 is 14.8 Å². The number of hydrogen-bond donors (Lipinski definition) is 1. The lowest BCUT2D eigenvalue weighted by molar-refractivity contribution is 0.354. The Balaban J connectivity index is 2.25. The zero-order valence-corrected chi connectivity index (χ0v) is 12.5. The molecule has 0 fully saturated rings. The Labute approximate surface area is 124 Å². The number of halogens is 1. The molecule has 2 rings (SSSR count). The monoisotopic (exact) mass is 289 g/mol. The van der Waals surface area contributed by atoms with Gasteiger partial charge in [0.15, 0.2) is 11.5 Å². The highest BCUT2D eigenvalue weighted by molar-refractivity contribution is 5.44. The van der Waals surface area contributed by atoms with Gasteiger partial charge in [0.25, 0.3) is 0 Å². The second-order valence-corrected chi connectivity index (χ2v) is 4.79. The van der Waals surface area contributed by atoms with E-state index in [0.717, 1.165) is 11.1 Å². The Hall–Kier alpha value is -2.07. The first kappa shape index (κ1) is 15.3. The van der Waals surface area contributed by atoms with Crippen LogP contribution in [0.1, 0.15) is 17.2 Å². The number of ether oxygens (including phenoxy) is 2. The average Bonchev–Trinajstić information content (AvgIpc) is 2.52. The predicted octanol–water partition coefficient (Wildman–Crippen LogP) is 3.35. The molecule has 0 aliphatic heterocycles. The third-order valence-corrected chi connectivity index (χ3v) is 3.49. The highest BCUT2D eigenvalue weighted by Gasteiger charge is 2.13. The summed E-state index contributed by atoms with van der Waals surface area (Å²) in [6, 6.07) is 12.6. The smallest absolute Gasteiger partial charge is 0.161 e. The molecule has 0 saturated carbocycles. The molecule has 0 heterocycles. The van der Waals surface area contributed by atoms with Crippen molar-refractivity contribution >= 4 is 0 Å². The van der Waals surface area contributed by atoms with E-state index in [1.165, 1.54) is 6.07 Å². The summed E-state index contributed by atoms with van der Waals surface area (Å²) < 4.78 is 23.9. The molecule has 2 aromatic carbocycles. The second-order valence-electron chi connectivity index (χ2n) is 4.79.